The van der Waals surface area contributed by atoms with E-state index >= 15 is 0 Å². The number of nitro groups is 1. The van der Waals surface area contributed by atoms with E-state index in [1.165, 1.54) is 19.1 Å². The topological polar surface area (TPSA) is 117 Å². The Balaban J connectivity index is 1.84. The SMILES string of the molecule is CCOc1ccc(OCC(=O)OC(C)C(=O)Nc2ccc([N+](=O)[O-])cc2Cl)cc1. The molecule has 2 aromatic rings. The van der Waals surface area contributed by atoms with Crippen LogP contribution >= 0.6 is 11.6 Å². The smallest absolute Gasteiger partial charge is 0.344 e. The summed E-state index contributed by atoms with van der Waals surface area (Å²) in [5, 5.41) is 13.1. The summed E-state index contributed by atoms with van der Waals surface area (Å²) in [7, 11) is 0. The van der Waals surface area contributed by atoms with Crippen LogP contribution in [0.15, 0.2) is 42.5 Å². The molecule has 1 N–H and O–H groups in total. The zero-order valence-corrected chi connectivity index (χ0v) is 16.5. The van der Waals surface area contributed by atoms with Crippen molar-refractivity contribution >= 4 is 34.9 Å². The first-order chi connectivity index (χ1) is 13.8. The second kappa shape index (κ2) is 10.3. The molecule has 1 amide bonds. The highest BCUT2D eigenvalue weighted by atomic mass is 35.5. The summed E-state index contributed by atoms with van der Waals surface area (Å²) in [4.78, 5) is 34.1. The van der Waals surface area contributed by atoms with Crippen LogP contribution in [-0.4, -0.2) is 36.1 Å². The van der Waals surface area contributed by atoms with E-state index in [0.717, 1.165) is 6.07 Å². The maximum absolute atomic E-state index is 12.2. The molecule has 0 saturated carbocycles. The lowest BCUT2D eigenvalue weighted by Crippen LogP contribution is -2.31. The average Bonchev–Trinajstić information content (AvgIpc) is 2.69. The van der Waals surface area contributed by atoms with Gasteiger partial charge in [0.05, 0.1) is 22.2 Å². The highest BCUT2D eigenvalue weighted by Gasteiger charge is 2.20. The number of anilines is 1. The predicted molar refractivity (Wildman–Crippen MR) is 105 cm³/mol. The molecule has 0 bridgehead atoms. The minimum absolute atomic E-state index is 0.00934. The van der Waals surface area contributed by atoms with Gasteiger partial charge in [-0.3, -0.25) is 14.9 Å². The van der Waals surface area contributed by atoms with Crippen molar-refractivity contribution in [1.29, 1.82) is 0 Å². The molecule has 29 heavy (non-hydrogen) atoms. The van der Waals surface area contributed by atoms with Gasteiger partial charge in [-0.25, -0.2) is 4.79 Å². The number of esters is 1. The molecule has 2 aromatic carbocycles. The lowest BCUT2D eigenvalue weighted by Gasteiger charge is -2.14. The molecule has 0 fully saturated rings. The maximum Gasteiger partial charge on any atom is 0.344 e. The Morgan fingerprint density at radius 2 is 1.76 bits per heavy atom. The lowest BCUT2D eigenvalue weighted by molar-refractivity contribution is -0.384. The lowest BCUT2D eigenvalue weighted by atomic mass is 10.2. The van der Waals surface area contributed by atoms with Crippen molar-refractivity contribution in [3.63, 3.8) is 0 Å². The van der Waals surface area contributed by atoms with E-state index in [-0.39, 0.29) is 23.0 Å². The minimum Gasteiger partial charge on any atom is -0.494 e. The van der Waals surface area contributed by atoms with E-state index in [1.54, 1.807) is 24.3 Å². The molecule has 1 atom stereocenters. The van der Waals surface area contributed by atoms with Crippen LogP contribution in [0.5, 0.6) is 11.5 Å². The van der Waals surface area contributed by atoms with E-state index < -0.39 is 22.9 Å². The van der Waals surface area contributed by atoms with Crippen LogP contribution in [0.4, 0.5) is 11.4 Å². The van der Waals surface area contributed by atoms with Crippen LogP contribution in [0.25, 0.3) is 0 Å². The minimum atomic E-state index is -1.13. The summed E-state index contributed by atoms with van der Waals surface area (Å²) < 4.78 is 15.6. The Labute approximate surface area is 171 Å². The molecule has 0 aliphatic heterocycles. The van der Waals surface area contributed by atoms with Gasteiger partial charge < -0.3 is 19.5 Å². The maximum atomic E-state index is 12.2. The summed E-state index contributed by atoms with van der Waals surface area (Å²) >= 11 is 5.92. The number of non-ortho nitro benzene ring substituents is 1. The van der Waals surface area contributed by atoms with Crippen molar-refractivity contribution in [3.8, 4) is 11.5 Å². The summed E-state index contributed by atoms with van der Waals surface area (Å²) in [6.45, 7) is 3.40. The first-order valence-corrected chi connectivity index (χ1v) is 8.98. The Hall–Kier alpha value is -3.33. The highest BCUT2D eigenvalue weighted by molar-refractivity contribution is 6.34. The van der Waals surface area contributed by atoms with Gasteiger partial charge in [-0.1, -0.05) is 11.6 Å². The van der Waals surface area contributed by atoms with Gasteiger partial charge in [0.1, 0.15) is 11.5 Å². The molecule has 0 saturated heterocycles. The third-order valence-corrected chi connectivity index (χ3v) is 3.90. The number of benzene rings is 2. The Morgan fingerprint density at radius 1 is 1.14 bits per heavy atom. The Bertz CT molecular complexity index is 887. The van der Waals surface area contributed by atoms with Gasteiger partial charge in [0.2, 0.25) is 0 Å². The average molecular weight is 423 g/mol. The zero-order valence-electron chi connectivity index (χ0n) is 15.7. The molecule has 0 heterocycles. The number of nitro benzene ring substituents is 1. The number of nitrogens with one attached hydrogen (secondary N) is 1. The second-order valence-corrected chi connectivity index (χ2v) is 6.14. The van der Waals surface area contributed by atoms with Gasteiger partial charge in [0.15, 0.2) is 12.7 Å². The number of carbonyl (C=O) groups excluding carboxylic acids is 2. The van der Waals surface area contributed by atoms with Gasteiger partial charge in [0.25, 0.3) is 11.6 Å². The van der Waals surface area contributed by atoms with E-state index in [0.29, 0.717) is 18.1 Å². The molecule has 0 spiro atoms. The first kappa shape index (κ1) is 22.0. The molecule has 1 unspecified atom stereocenters. The van der Waals surface area contributed by atoms with Crippen LogP contribution in [0.2, 0.25) is 5.02 Å². The molecule has 10 heteroatoms. The van der Waals surface area contributed by atoms with Gasteiger partial charge in [0, 0.05) is 12.1 Å². The third kappa shape index (κ3) is 6.65. The van der Waals surface area contributed by atoms with Crippen LogP contribution in [0.1, 0.15) is 13.8 Å². The number of rotatable bonds is 9. The van der Waals surface area contributed by atoms with Crippen molar-refractivity contribution < 1.29 is 28.7 Å². The molecule has 2 rings (SSSR count). The number of halogens is 1. The van der Waals surface area contributed by atoms with Crippen LogP contribution in [-0.2, 0) is 14.3 Å². The molecular formula is C19H19ClN2O7. The highest BCUT2D eigenvalue weighted by Crippen LogP contribution is 2.26. The number of hydrogen-bond acceptors (Lipinski definition) is 7. The van der Waals surface area contributed by atoms with Crippen molar-refractivity contribution in [3.05, 3.63) is 57.6 Å². The number of hydrogen-bond donors (Lipinski definition) is 1. The summed E-state index contributed by atoms with van der Waals surface area (Å²) in [6.07, 6.45) is -1.13. The summed E-state index contributed by atoms with van der Waals surface area (Å²) in [5.74, 6) is -0.260. The quantitative estimate of drug-likeness (QED) is 0.372. The molecular weight excluding hydrogens is 404 g/mol. The van der Waals surface area contributed by atoms with E-state index in [2.05, 4.69) is 5.32 Å². The van der Waals surface area contributed by atoms with Crippen molar-refractivity contribution in [2.45, 2.75) is 20.0 Å². The Kier molecular flexibility index (Phi) is 7.79. The predicted octanol–water partition coefficient (Wildman–Crippen LogP) is 3.60. The molecule has 0 radical (unpaired) electrons. The number of carbonyl (C=O) groups is 2. The standard InChI is InChI=1S/C19H19ClN2O7/c1-3-27-14-5-7-15(8-6-14)28-11-18(23)29-12(2)19(24)21-17-9-4-13(22(25)26)10-16(17)20/h4-10,12H,3,11H2,1-2H3,(H,21,24). The molecule has 0 aliphatic carbocycles. The van der Waals surface area contributed by atoms with Crippen molar-refractivity contribution in [2.24, 2.45) is 0 Å². The zero-order chi connectivity index (χ0) is 21.4. The summed E-state index contributed by atoms with van der Waals surface area (Å²) in [5.41, 5.74) is -0.0466. The number of amides is 1. The molecule has 154 valence electrons. The normalized spacial score (nSPS) is 11.3. The van der Waals surface area contributed by atoms with Crippen LogP contribution in [0.3, 0.4) is 0 Å². The van der Waals surface area contributed by atoms with Gasteiger partial charge >= 0.3 is 5.97 Å². The van der Waals surface area contributed by atoms with Gasteiger partial charge in [-0.15, -0.1) is 0 Å². The number of nitrogens with zero attached hydrogens (tertiary/aromatic N) is 1. The van der Waals surface area contributed by atoms with Gasteiger partial charge in [-0.05, 0) is 44.2 Å². The molecule has 9 nitrogen and oxygen atoms in total. The van der Waals surface area contributed by atoms with Crippen molar-refractivity contribution in [1.82, 2.24) is 0 Å². The third-order valence-electron chi connectivity index (χ3n) is 3.59. The van der Waals surface area contributed by atoms with Crippen LogP contribution < -0.4 is 14.8 Å². The van der Waals surface area contributed by atoms with Crippen molar-refractivity contribution in [2.75, 3.05) is 18.5 Å². The van der Waals surface area contributed by atoms with E-state index in [9.17, 15) is 19.7 Å². The Morgan fingerprint density at radius 3 is 2.31 bits per heavy atom. The second-order valence-electron chi connectivity index (χ2n) is 5.74. The number of ether oxygens (including phenoxy) is 3. The van der Waals surface area contributed by atoms with Gasteiger partial charge in [-0.2, -0.15) is 0 Å². The fourth-order valence-corrected chi connectivity index (χ4v) is 2.40. The molecule has 0 aromatic heterocycles. The fraction of sp³-hybridized carbons (Fsp3) is 0.263. The van der Waals surface area contributed by atoms with Crippen LogP contribution in [0, 0.1) is 10.1 Å². The molecule has 0 aliphatic rings. The first-order valence-electron chi connectivity index (χ1n) is 8.60. The summed E-state index contributed by atoms with van der Waals surface area (Å²) in [6, 6.07) is 10.3. The largest absolute Gasteiger partial charge is 0.494 e. The monoisotopic (exact) mass is 422 g/mol. The van der Waals surface area contributed by atoms with E-state index in [4.69, 9.17) is 25.8 Å². The van der Waals surface area contributed by atoms with E-state index in [1.807, 2.05) is 6.92 Å². The fourth-order valence-electron chi connectivity index (χ4n) is 2.18.